The minimum Gasteiger partial charge on any atom is -0.398 e. The topological polar surface area (TPSA) is 26.0 Å². The van der Waals surface area contributed by atoms with Crippen LogP contribution >= 0.6 is 15.9 Å². The van der Waals surface area contributed by atoms with Crippen LogP contribution < -0.4 is 5.73 Å². The van der Waals surface area contributed by atoms with Gasteiger partial charge in [0.15, 0.2) is 0 Å². The van der Waals surface area contributed by atoms with Crippen molar-refractivity contribution in [2.45, 2.75) is 6.42 Å². The third-order valence-corrected chi connectivity index (χ3v) is 2.88. The second kappa shape index (κ2) is 4.66. The molecule has 0 bridgehead atoms. The van der Waals surface area contributed by atoms with Crippen molar-refractivity contribution in [3.8, 4) is 0 Å². The first-order valence-electron chi connectivity index (χ1n) is 4.93. The fraction of sp³-hybridized carbons (Fsp3) is 0.0769. The van der Waals surface area contributed by atoms with Gasteiger partial charge in [-0.05, 0) is 47.9 Å². The lowest BCUT2D eigenvalue weighted by atomic mass is 10.0. The van der Waals surface area contributed by atoms with Crippen LogP contribution in [-0.4, -0.2) is 0 Å². The number of benzene rings is 2. The quantitative estimate of drug-likeness (QED) is 0.833. The van der Waals surface area contributed by atoms with Crippen molar-refractivity contribution in [2.75, 3.05) is 5.73 Å². The molecule has 0 radical (unpaired) electrons. The molecular weight excluding hydrogens is 269 g/mol. The van der Waals surface area contributed by atoms with E-state index >= 15 is 0 Å². The standard InChI is InChI=1S/C13H11BrFN/c14-11-4-5-13(16)10(8-11)6-9-2-1-3-12(15)7-9/h1-5,7-8H,6,16H2. The highest BCUT2D eigenvalue weighted by atomic mass is 79.9. The Balaban J connectivity index is 2.30. The van der Waals surface area contributed by atoms with Crippen LogP contribution in [-0.2, 0) is 6.42 Å². The molecule has 2 aromatic rings. The second-order valence-electron chi connectivity index (χ2n) is 3.65. The molecule has 0 heterocycles. The van der Waals surface area contributed by atoms with Gasteiger partial charge in [-0.15, -0.1) is 0 Å². The highest BCUT2D eigenvalue weighted by Gasteiger charge is 2.02. The Kier molecular flexibility index (Phi) is 3.25. The SMILES string of the molecule is Nc1ccc(Br)cc1Cc1cccc(F)c1. The van der Waals surface area contributed by atoms with E-state index in [1.165, 1.54) is 12.1 Å². The summed E-state index contributed by atoms with van der Waals surface area (Å²) in [7, 11) is 0. The lowest BCUT2D eigenvalue weighted by Crippen LogP contribution is -1.96. The smallest absolute Gasteiger partial charge is 0.123 e. The van der Waals surface area contributed by atoms with Crippen molar-refractivity contribution in [3.63, 3.8) is 0 Å². The minimum atomic E-state index is -0.217. The molecular formula is C13H11BrFN. The molecule has 0 saturated heterocycles. The second-order valence-corrected chi connectivity index (χ2v) is 4.57. The average molecular weight is 280 g/mol. The maximum absolute atomic E-state index is 13.0. The molecule has 2 aromatic carbocycles. The first-order chi connectivity index (χ1) is 7.65. The summed E-state index contributed by atoms with van der Waals surface area (Å²) in [5.41, 5.74) is 8.51. The summed E-state index contributed by atoms with van der Waals surface area (Å²) >= 11 is 3.39. The van der Waals surface area contributed by atoms with Gasteiger partial charge in [0.2, 0.25) is 0 Å². The summed E-state index contributed by atoms with van der Waals surface area (Å²) in [6.07, 6.45) is 0.642. The summed E-state index contributed by atoms with van der Waals surface area (Å²) < 4.78 is 14.0. The van der Waals surface area contributed by atoms with Crippen LogP contribution in [0.25, 0.3) is 0 Å². The molecule has 16 heavy (non-hydrogen) atoms. The molecule has 82 valence electrons. The van der Waals surface area contributed by atoms with Crippen LogP contribution in [0.2, 0.25) is 0 Å². The summed E-state index contributed by atoms with van der Waals surface area (Å²) in [6.45, 7) is 0. The van der Waals surface area contributed by atoms with Crippen molar-refractivity contribution in [1.82, 2.24) is 0 Å². The first-order valence-corrected chi connectivity index (χ1v) is 5.73. The molecule has 0 amide bonds. The van der Waals surface area contributed by atoms with E-state index in [1.54, 1.807) is 6.07 Å². The lowest BCUT2D eigenvalue weighted by Gasteiger charge is -2.06. The van der Waals surface area contributed by atoms with Gasteiger partial charge in [-0.3, -0.25) is 0 Å². The first kappa shape index (κ1) is 11.1. The van der Waals surface area contributed by atoms with E-state index in [2.05, 4.69) is 15.9 Å². The molecule has 1 nitrogen and oxygen atoms in total. The van der Waals surface area contributed by atoms with E-state index in [-0.39, 0.29) is 5.82 Å². The zero-order valence-electron chi connectivity index (χ0n) is 8.58. The monoisotopic (exact) mass is 279 g/mol. The van der Waals surface area contributed by atoms with Crippen LogP contribution in [0.4, 0.5) is 10.1 Å². The Morgan fingerprint density at radius 1 is 1.12 bits per heavy atom. The summed E-state index contributed by atoms with van der Waals surface area (Å²) in [5, 5.41) is 0. The molecule has 2 N–H and O–H groups in total. The van der Waals surface area contributed by atoms with Gasteiger partial charge in [-0.25, -0.2) is 4.39 Å². The predicted molar refractivity (Wildman–Crippen MR) is 67.8 cm³/mol. The third-order valence-electron chi connectivity index (χ3n) is 2.39. The maximum Gasteiger partial charge on any atom is 0.123 e. The van der Waals surface area contributed by atoms with Crippen molar-refractivity contribution in [1.29, 1.82) is 0 Å². The Hall–Kier alpha value is -1.35. The van der Waals surface area contributed by atoms with Gasteiger partial charge in [0, 0.05) is 10.2 Å². The highest BCUT2D eigenvalue weighted by molar-refractivity contribution is 9.10. The Morgan fingerprint density at radius 3 is 2.69 bits per heavy atom. The minimum absolute atomic E-state index is 0.217. The predicted octanol–water partition coefficient (Wildman–Crippen LogP) is 3.76. The largest absolute Gasteiger partial charge is 0.398 e. The summed E-state index contributed by atoms with van der Waals surface area (Å²) in [5.74, 6) is -0.217. The van der Waals surface area contributed by atoms with Crippen molar-refractivity contribution in [2.24, 2.45) is 0 Å². The molecule has 0 aliphatic heterocycles. The fourth-order valence-electron chi connectivity index (χ4n) is 1.59. The van der Waals surface area contributed by atoms with Gasteiger partial charge in [-0.1, -0.05) is 28.1 Å². The van der Waals surface area contributed by atoms with Crippen LogP contribution in [0.5, 0.6) is 0 Å². The number of hydrogen-bond acceptors (Lipinski definition) is 1. The summed E-state index contributed by atoms with van der Waals surface area (Å²) in [4.78, 5) is 0. The summed E-state index contributed by atoms with van der Waals surface area (Å²) in [6, 6.07) is 12.3. The van der Waals surface area contributed by atoms with Gasteiger partial charge >= 0.3 is 0 Å². The number of halogens is 2. The average Bonchev–Trinajstić information content (AvgIpc) is 2.24. The van der Waals surface area contributed by atoms with Crippen LogP contribution in [0.3, 0.4) is 0 Å². The molecule has 0 aliphatic rings. The normalized spacial score (nSPS) is 10.4. The van der Waals surface area contributed by atoms with E-state index in [0.717, 1.165) is 21.3 Å². The van der Waals surface area contributed by atoms with E-state index < -0.39 is 0 Å². The Morgan fingerprint density at radius 2 is 1.94 bits per heavy atom. The van der Waals surface area contributed by atoms with Crippen LogP contribution in [0.15, 0.2) is 46.9 Å². The molecule has 3 heteroatoms. The molecule has 0 unspecified atom stereocenters. The Bertz CT molecular complexity index is 511. The van der Waals surface area contributed by atoms with Crippen LogP contribution in [0, 0.1) is 5.82 Å². The molecule has 0 atom stereocenters. The highest BCUT2D eigenvalue weighted by Crippen LogP contribution is 2.21. The zero-order valence-corrected chi connectivity index (χ0v) is 10.2. The fourth-order valence-corrected chi connectivity index (χ4v) is 2.00. The van der Waals surface area contributed by atoms with Gasteiger partial charge in [0.25, 0.3) is 0 Å². The van der Waals surface area contributed by atoms with Crippen molar-refractivity contribution >= 4 is 21.6 Å². The van der Waals surface area contributed by atoms with Crippen molar-refractivity contribution in [3.05, 3.63) is 63.9 Å². The molecule has 0 saturated carbocycles. The zero-order chi connectivity index (χ0) is 11.5. The molecule has 0 spiro atoms. The van der Waals surface area contributed by atoms with E-state index in [9.17, 15) is 4.39 Å². The van der Waals surface area contributed by atoms with Gasteiger partial charge in [-0.2, -0.15) is 0 Å². The van der Waals surface area contributed by atoms with Gasteiger partial charge in [0.1, 0.15) is 5.82 Å². The lowest BCUT2D eigenvalue weighted by molar-refractivity contribution is 0.626. The molecule has 2 rings (SSSR count). The van der Waals surface area contributed by atoms with E-state index in [1.807, 2.05) is 24.3 Å². The maximum atomic E-state index is 13.0. The van der Waals surface area contributed by atoms with Gasteiger partial charge < -0.3 is 5.73 Å². The number of rotatable bonds is 2. The number of nitrogens with two attached hydrogens (primary N) is 1. The molecule has 0 fully saturated rings. The van der Waals surface area contributed by atoms with E-state index in [4.69, 9.17) is 5.73 Å². The van der Waals surface area contributed by atoms with Crippen molar-refractivity contribution < 1.29 is 4.39 Å². The van der Waals surface area contributed by atoms with Gasteiger partial charge in [0.05, 0.1) is 0 Å². The third kappa shape index (κ3) is 2.61. The van der Waals surface area contributed by atoms with E-state index in [0.29, 0.717) is 6.42 Å². The number of hydrogen-bond donors (Lipinski definition) is 1. The molecule has 0 aromatic heterocycles. The number of nitrogen functional groups attached to an aromatic ring is 1. The number of anilines is 1. The van der Waals surface area contributed by atoms with Crippen LogP contribution in [0.1, 0.15) is 11.1 Å². The Labute approximate surface area is 102 Å². The molecule has 0 aliphatic carbocycles.